The fourth-order valence-electron chi connectivity index (χ4n) is 3.58. The number of allylic oxidation sites excluding steroid dienone is 2. The standard InChI is InChI=1S/C21H24ClN3OS/c1-25-13-5-6-16(14-25)20-23-21(26-24-20)19(15-9-11-17(22)12-10-15)27-18-7-3-2-4-8-18/h5-6,9-12,14,18-19H,2-4,7-8,13H2,1H3. The van der Waals surface area contributed by atoms with Crippen molar-refractivity contribution in [3.63, 3.8) is 0 Å². The first-order valence-corrected chi connectivity index (χ1v) is 10.8. The Bertz CT molecular complexity index is 824. The minimum atomic E-state index is 0.0394. The molecule has 1 aromatic carbocycles. The summed E-state index contributed by atoms with van der Waals surface area (Å²) < 4.78 is 5.73. The maximum absolute atomic E-state index is 6.10. The Balaban J connectivity index is 1.62. The topological polar surface area (TPSA) is 42.2 Å². The lowest BCUT2D eigenvalue weighted by Gasteiger charge is -2.24. The molecule has 0 amide bonds. The van der Waals surface area contributed by atoms with Gasteiger partial charge in [0.1, 0.15) is 5.25 Å². The normalized spacial score (nSPS) is 19.2. The van der Waals surface area contributed by atoms with Crippen LogP contribution in [0.15, 0.2) is 47.1 Å². The second-order valence-electron chi connectivity index (χ2n) is 7.21. The molecule has 1 unspecified atom stereocenters. The Labute approximate surface area is 169 Å². The van der Waals surface area contributed by atoms with Crippen LogP contribution >= 0.6 is 23.4 Å². The van der Waals surface area contributed by atoms with Gasteiger partial charge in [-0.2, -0.15) is 4.98 Å². The van der Waals surface area contributed by atoms with Gasteiger partial charge < -0.3 is 9.42 Å². The van der Waals surface area contributed by atoms with Crippen LogP contribution in [0, 0.1) is 0 Å². The van der Waals surface area contributed by atoms with Crippen molar-refractivity contribution in [3.8, 4) is 0 Å². The zero-order valence-corrected chi connectivity index (χ0v) is 17.0. The maximum Gasteiger partial charge on any atom is 0.244 e. The third-order valence-corrected chi connectivity index (χ3v) is 6.88. The summed E-state index contributed by atoms with van der Waals surface area (Å²) >= 11 is 8.05. The van der Waals surface area contributed by atoms with Crippen molar-refractivity contribution >= 4 is 28.9 Å². The molecule has 27 heavy (non-hydrogen) atoms. The summed E-state index contributed by atoms with van der Waals surface area (Å²) in [7, 11) is 2.04. The number of nitrogens with zero attached hydrogens (tertiary/aromatic N) is 3. The number of hydrogen-bond acceptors (Lipinski definition) is 5. The zero-order chi connectivity index (χ0) is 18.6. The van der Waals surface area contributed by atoms with Gasteiger partial charge in [-0.05, 0) is 30.5 Å². The van der Waals surface area contributed by atoms with Crippen molar-refractivity contribution < 1.29 is 4.52 Å². The molecule has 1 aliphatic heterocycles. The number of halogens is 1. The van der Waals surface area contributed by atoms with E-state index < -0.39 is 0 Å². The summed E-state index contributed by atoms with van der Waals surface area (Å²) in [5.41, 5.74) is 2.15. The highest BCUT2D eigenvalue weighted by Crippen LogP contribution is 2.42. The van der Waals surface area contributed by atoms with Crippen LogP contribution in [0.1, 0.15) is 54.6 Å². The van der Waals surface area contributed by atoms with E-state index in [9.17, 15) is 0 Å². The predicted octanol–water partition coefficient (Wildman–Crippen LogP) is 5.72. The number of thioether (sulfide) groups is 1. The molecule has 6 heteroatoms. The van der Waals surface area contributed by atoms with Crippen molar-refractivity contribution in [2.75, 3.05) is 13.6 Å². The molecule has 2 aromatic rings. The molecule has 2 aliphatic rings. The molecule has 0 bridgehead atoms. The van der Waals surface area contributed by atoms with Crippen LogP contribution in [-0.4, -0.2) is 33.9 Å². The summed E-state index contributed by atoms with van der Waals surface area (Å²) in [6.07, 6.45) is 12.7. The molecule has 4 nitrogen and oxygen atoms in total. The Kier molecular flexibility index (Phi) is 5.89. The molecule has 1 atom stereocenters. The molecule has 2 heterocycles. The first-order valence-electron chi connectivity index (χ1n) is 9.52. The van der Waals surface area contributed by atoms with Crippen LogP contribution in [0.25, 0.3) is 5.57 Å². The van der Waals surface area contributed by atoms with Gasteiger partial charge in [-0.25, -0.2) is 0 Å². The predicted molar refractivity (Wildman–Crippen MR) is 112 cm³/mol. The lowest BCUT2D eigenvalue weighted by molar-refractivity contribution is 0.380. The second-order valence-corrected chi connectivity index (χ2v) is 9.06. The molecule has 0 spiro atoms. The number of rotatable bonds is 5. The van der Waals surface area contributed by atoms with E-state index in [1.54, 1.807) is 0 Å². The van der Waals surface area contributed by atoms with Gasteiger partial charge in [-0.1, -0.05) is 60.3 Å². The van der Waals surface area contributed by atoms with E-state index in [2.05, 4.69) is 40.5 Å². The Morgan fingerprint density at radius 1 is 1.19 bits per heavy atom. The number of benzene rings is 1. The molecule has 1 fully saturated rings. The van der Waals surface area contributed by atoms with Gasteiger partial charge in [0.25, 0.3) is 0 Å². The van der Waals surface area contributed by atoms with E-state index in [0.717, 1.165) is 22.7 Å². The minimum absolute atomic E-state index is 0.0394. The third-order valence-electron chi connectivity index (χ3n) is 5.03. The van der Waals surface area contributed by atoms with Crippen LogP contribution in [-0.2, 0) is 0 Å². The molecular weight excluding hydrogens is 378 g/mol. The van der Waals surface area contributed by atoms with E-state index in [0.29, 0.717) is 17.0 Å². The van der Waals surface area contributed by atoms with E-state index in [-0.39, 0.29) is 5.25 Å². The largest absolute Gasteiger partial charge is 0.376 e. The highest BCUT2D eigenvalue weighted by atomic mass is 35.5. The van der Waals surface area contributed by atoms with E-state index in [4.69, 9.17) is 21.1 Å². The fourth-order valence-corrected chi connectivity index (χ4v) is 5.22. The van der Waals surface area contributed by atoms with E-state index >= 15 is 0 Å². The van der Waals surface area contributed by atoms with Gasteiger partial charge in [0, 0.05) is 35.6 Å². The van der Waals surface area contributed by atoms with Crippen LogP contribution < -0.4 is 0 Å². The molecular formula is C21H24ClN3OS. The highest BCUT2D eigenvalue weighted by molar-refractivity contribution is 8.00. The molecule has 0 radical (unpaired) electrons. The van der Waals surface area contributed by atoms with Crippen LogP contribution in [0.5, 0.6) is 0 Å². The Morgan fingerprint density at radius 2 is 1.96 bits per heavy atom. The number of likely N-dealkylation sites (N-methyl/N-ethyl adjacent to an activating group) is 1. The molecule has 142 valence electrons. The van der Waals surface area contributed by atoms with Gasteiger partial charge >= 0.3 is 0 Å². The smallest absolute Gasteiger partial charge is 0.244 e. The van der Waals surface area contributed by atoms with Crippen LogP contribution in [0.4, 0.5) is 0 Å². The average molecular weight is 402 g/mol. The summed E-state index contributed by atoms with van der Waals surface area (Å²) in [5, 5.41) is 5.68. The minimum Gasteiger partial charge on any atom is -0.376 e. The zero-order valence-electron chi connectivity index (χ0n) is 15.5. The molecule has 0 N–H and O–H groups in total. The summed E-state index contributed by atoms with van der Waals surface area (Å²) in [4.78, 5) is 6.87. The summed E-state index contributed by atoms with van der Waals surface area (Å²) in [6, 6.07) is 8.01. The van der Waals surface area contributed by atoms with Crippen molar-refractivity contribution in [2.45, 2.75) is 42.6 Å². The Morgan fingerprint density at radius 3 is 2.70 bits per heavy atom. The second kappa shape index (κ2) is 8.53. The SMILES string of the molecule is CN1C=C(c2noc(C(SC3CCCCC3)c3ccc(Cl)cc3)n2)C=CC1. The van der Waals surface area contributed by atoms with Gasteiger partial charge in [0.05, 0.1) is 0 Å². The Hall–Kier alpha value is -1.72. The number of aromatic nitrogens is 2. The first-order chi connectivity index (χ1) is 13.2. The number of hydrogen-bond donors (Lipinski definition) is 0. The fraction of sp³-hybridized carbons (Fsp3) is 0.429. The summed E-state index contributed by atoms with van der Waals surface area (Å²) in [6.45, 7) is 0.902. The van der Waals surface area contributed by atoms with Crippen LogP contribution in [0.2, 0.25) is 5.02 Å². The van der Waals surface area contributed by atoms with Gasteiger partial charge in [0.15, 0.2) is 0 Å². The van der Waals surface area contributed by atoms with Gasteiger partial charge in [0.2, 0.25) is 11.7 Å². The lowest BCUT2D eigenvalue weighted by atomic mass is 10.0. The molecule has 1 aromatic heterocycles. The summed E-state index contributed by atoms with van der Waals surface area (Å²) in [5.74, 6) is 1.32. The van der Waals surface area contributed by atoms with Crippen molar-refractivity contribution in [1.29, 1.82) is 0 Å². The molecule has 1 saturated carbocycles. The quantitative estimate of drug-likeness (QED) is 0.640. The molecule has 1 aliphatic carbocycles. The molecule has 4 rings (SSSR count). The van der Waals surface area contributed by atoms with Crippen LogP contribution in [0.3, 0.4) is 0 Å². The van der Waals surface area contributed by atoms with E-state index in [1.807, 2.05) is 30.9 Å². The third kappa shape index (κ3) is 4.58. The van der Waals surface area contributed by atoms with Crippen molar-refractivity contribution in [1.82, 2.24) is 15.0 Å². The monoisotopic (exact) mass is 401 g/mol. The van der Waals surface area contributed by atoms with E-state index in [1.165, 1.54) is 32.1 Å². The average Bonchev–Trinajstić information content (AvgIpc) is 3.18. The van der Waals surface area contributed by atoms with Gasteiger partial charge in [-0.3, -0.25) is 0 Å². The highest BCUT2D eigenvalue weighted by Gasteiger charge is 2.27. The lowest BCUT2D eigenvalue weighted by Crippen LogP contribution is -2.14. The molecule has 0 saturated heterocycles. The van der Waals surface area contributed by atoms with Crippen molar-refractivity contribution in [3.05, 3.63) is 64.9 Å². The van der Waals surface area contributed by atoms with Crippen molar-refractivity contribution in [2.24, 2.45) is 0 Å². The first kappa shape index (κ1) is 18.6. The maximum atomic E-state index is 6.10. The van der Waals surface area contributed by atoms with Gasteiger partial charge in [-0.15, -0.1) is 11.8 Å².